The summed E-state index contributed by atoms with van der Waals surface area (Å²) in [5, 5.41) is 11.0. The average Bonchev–Trinajstić information content (AvgIpc) is 2.76. The lowest BCUT2D eigenvalue weighted by Gasteiger charge is -2.02. The maximum Gasteiger partial charge on any atom is 0.323 e. The molecule has 0 aliphatic rings. The summed E-state index contributed by atoms with van der Waals surface area (Å²) in [5.74, 6) is 0.289. The number of nitro groups is 1. The molecule has 0 saturated carbocycles. The van der Waals surface area contributed by atoms with Gasteiger partial charge in [0, 0.05) is 6.07 Å². The van der Waals surface area contributed by atoms with Crippen LogP contribution < -0.4 is 4.74 Å². The molecule has 0 radical (unpaired) electrons. The summed E-state index contributed by atoms with van der Waals surface area (Å²) in [5.41, 5.74) is 0.883. The van der Waals surface area contributed by atoms with Crippen LogP contribution in [0.1, 0.15) is 22.2 Å². The fraction of sp³-hybridized carbons (Fsp3) is 0.154. The summed E-state index contributed by atoms with van der Waals surface area (Å²) < 4.78 is 5.48. The number of carbonyl (C=O) groups is 1. The Labute approximate surface area is 113 Å². The molecule has 2 aromatic rings. The Morgan fingerprint density at radius 3 is 2.47 bits per heavy atom. The second kappa shape index (κ2) is 5.19. The molecule has 0 aliphatic heterocycles. The van der Waals surface area contributed by atoms with Crippen molar-refractivity contribution in [3.05, 3.63) is 50.9 Å². The minimum absolute atomic E-state index is 0.124. The zero-order valence-electron chi connectivity index (χ0n) is 10.4. The van der Waals surface area contributed by atoms with Gasteiger partial charge in [0.25, 0.3) is 5.06 Å². The van der Waals surface area contributed by atoms with Crippen molar-refractivity contribution < 1.29 is 14.5 Å². The van der Waals surface area contributed by atoms with E-state index in [1.54, 1.807) is 12.1 Å². The van der Waals surface area contributed by atoms with Crippen molar-refractivity contribution in [2.75, 3.05) is 0 Å². The normalized spacial score (nSPS) is 10.2. The molecule has 0 bridgehead atoms. The van der Waals surface area contributed by atoms with Gasteiger partial charge in [-0.25, -0.2) is 0 Å². The number of ether oxygens (including phenoxy) is 1. The molecule has 1 aromatic carbocycles. The highest BCUT2D eigenvalue weighted by atomic mass is 32.1. The van der Waals surface area contributed by atoms with E-state index in [0.29, 0.717) is 10.6 Å². The Kier molecular flexibility index (Phi) is 3.62. The van der Waals surface area contributed by atoms with Gasteiger partial charge in [-0.2, -0.15) is 0 Å². The molecule has 2 rings (SSSR count). The minimum Gasteiger partial charge on any atom is -0.440 e. The average molecular weight is 277 g/mol. The third kappa shape index (κ3) is 2.97. The fourth-order valence-electron chi connectivity index (χ4n) is 1.45. The Bertz CT molecular complexity index is 631. The van der Waals surface area contributed by atoms with Crippen molar-refractivity contribution in [3.8, 4) is 10.8 Å². The molecule has 0 fully saturated rings. The van der Waals surface area contributed by atoms with Gasteiger partial charge in [-0.3, -0.25) is 14.9 Å². The lowest BCUT2D eigenvalue weighted by atomic mass is 10.2. The van der Waals surface area contributed by atoms with Gasteiger partial charge >= 0.3 is 5.69 Å². The van der Waals surface area contributed by atoms with Gasteiger partial charge in [0.15, 0.2) is 5.78 Å². The summed E-state index contributed by atoms with van der Waals surface area (Å²) in [4.78, 5) is 22.0. The first kappa shape index (κ1) is 13.2. The number of nitrogens with zero attached hydrogens (tertiary/aromatic N) is 1. The van der Waals surface area contributed by atoms with Crippen molar-refractivity contribution >= 4 is 22.8 Å². The zero-order chi connectivity index (χ0) is 14.0. The third-order valence-electron chi connectivity index (χ3n) is 2.45. The van der Waals surface area contributed by atoms with Gasteiger partial charge in [0.05, 0.1) is 9.80 Å². The third-order valence-corrected chi connectivity index (χ3v) is 3.56. The van der Waals surface area contributed by atoms with Crippen LogP contribution in [0.5, 0.6) is 10.8 Å². The number of Topliss-reactive ketones (excluding diaryl/α,β-unsaturated/α-hetero) is 1. The van der Waals surface area contributed by atoms with E-state index in [-0.39, 0.29) is 16.5 Å². The summed E-state index contributed by atoms with van der Waals surface area (Å²) in [7, 11) is 0. The molecule has 0 spiro atoms. The standard InChI is InChI=1S/C13H11NO4S/c1-8-3-5-10(6-4-8)18-13-11(14(16)17)7-12(19-13)9(2)15/h3-7H,1-2H3. The highest BCUT2D eigenvalue weighted by Crippen LogP contribution is 2.39. The van der Waals surface area contributed by atoms with Crippen LogP contribution in [0.25, 0.3) is 0 Å². The van der Waals surface area contributed by atoms with E-state index < -0.39 is 4.92 Å². The predicted octanol–water partition coefficient (Wildman–Crippen LogP) is 3.96. The maximum atomic E-state index is 11.3. The Hall–Kier alpha value is -2.21. The van der Waals surface area contributed by atoms with Gasteiger partial charge in [-0.05, 0) is 26.0 Å². The fourth-order valence-corrected chi connectivity index (χ4v) is 2.34. The number of rotatable bonds is 4. The van der Waals surface area contributed by atoms with Gasteiger partial charge < -0.3 is 4.74 Å². The molecule has 0 aliphatic carbocycles. The van der Waals surface area contributed by atoms with Gasteiger partial charge in [-0.1, -0.05) is 29.0 Å². The van der Waals surface area contributed by atoms with Crippen molar-refractivity contribution in [1.82, 2.24) is 0 Å². The van der Waals surface area contributed by atoms with Crippen LogP contribution in [0, 0.1) is 17.0 Å². The summed E-state index contributed by atoms with van der Waals surface area (Å²) >= 11 is 0.982. The van der Waals surface area contributed by atoms with Crippen LogP contribution in [0.3, 0.4) is 0 Å². The number of hydrogen-bond donors (Lipinski definition) is 0. The molecule has 1 aromatic heterocycles. The topological polar surface area (TPSA) is 69.4 Å². The highest BCUT2D eigenvalue weighted by molar-refractivity contribution is 7.16. The van der Waals surface area contributed by atoms with E-state index in [9.17, 15) is 14.9 Å². The molecule has 0 atom stereocenters. The van der Waals surface area contributed by atoms with Crippen molar-refractivity contribution in [1.29, 1.82) is 0 Å². The first-order chi connectivity index (χ1) is 8.97. The van der Waals surface area contributed by atoms with Crippen LogP contribution in [0.2, 0.25) is 0 Å². The van der Waals surface area contributed by atoms with Crippen LogP contribution in [0.15, 0.2) is 30.3 Å². The van der Waals surface area contributed by atoms with E-state index in [4.69, 9.17) is 4.74 Å². The molecule has 1 heterocycles. The molecule has 98 valence electrons. The molecule has 0 saturated heterocycles. The number of benzene rings is 1. The largest absolute Gasteiger partial charge is 0.440 e. The van der Waals surface area contributed by atoms with E-state index in [2.05, 4.69) is 0 Å². The van der Waals surface area contributed by atoms with E-state index in [1.165, 1.54) is 13.0 Å². The van der Waals surface area contributed by atoms with Crippen molar-refractivity contribution in [2.45, 2.75) is 13.8 Å². The number of ketones is 1. The number of thiophene rings is 1. The summed E-state index contributed by atoms with van der Waals surface area (Å²) in [6.07, 6.45) is 0. The van der Waals surface area contributed by atoms with Gasteiger partial charge in [-0.15, -0.1) is 0 Å². The first-order valence-corrected chi connectivity index (χ1v) is 6.32. The van der Waals surface area contributed by atoms with Crippen molar-refractivity contribution in [3.63, 3.8) is 0 Å². The molecule has 0 amide bonds. The van der Waals surface area contributed by atoms with E-state index in [0.717, 1.165) is 16.9 Å². The SMILES string of the molecule is CC(=O)c1cc([N+](=O)[O-])c(Oc2ccc(C)cc2)s1. The molecule has 19 heavy (non-hydrogen) atoms. The molecule has 0 N–H and O–H groups in total. The predicted molar refractivity (Wildman–Crippen MR) is 72.2 cm³/mol. The summed E-state index contributed by atoms with van der Waals surface area (Å²) in [6.45, 7) is 3.30. The van der Waals surface area contributed by atoms with Crippen LogP contribution in [-0.2, 0) is 0 Å². The Morgan fingerprint density at radius 1 is 1.32 bits per heavy atom. The second-order valence-corrected chi connectivity index (χ2v) is 5.03. The van der Waals surface area contributed by atoms with Gasteiger partial charge in [0.1, 0.15) is 5.75 Å². The molecule has 6 heteroatoms. The monoisotopic (exact) mass is 277 g/mol. The highest BCUT2D eigenvalue weighted by Gasteiger charge is 2.22. The van der Waals surface area contributed by atoms with Crippen LogP contribution in [-0.4, -0.2) is 10.7 Å². The lowest BCUT2D eigenvalue weighted by molar-refractivity contribution is -0.385. The van der Waals surface area contributed by atoms with Crippen molar-refractivity contribution in [2.24, 2.45) is 0 Å². The molecule has 5 nitrogen and oxygen atoms in total. The van der Waals surface area contributed by atoms with Gasteiger partial charge in [0.2, 0.25) is 0 Å². The molecular formula is C13H11NO4S. The Balaban J connectivity index is 2.35. The van der Waals surface area contributed by atoms with E-state index in [1.807, 2.05) is 19.1 Å². The Morgan fingerprint density at radius 2 is 1.95 bits per heavy atom. The quantitative estimate of drug-likeness (QED) is 0.482. The number of hydrogen-bond acceptors (Lipinski definition) is 5. The number of aryl methyl sites for hydroxylation is 1. The second-order valence-electron chi connectivity index (χ2n) is 4.01. The summed E-state index contributed by atoms with van der Waals surface area (Å²) in [6, 6.07) is 8.40. The molecular weight excluding hydrogens is 266 g/mol. The molecule has 0 unspecified atom stereocenters. The number of carbonyl (C=O) groups excluding carboxylic acids is 1. The zero-order valence-corrected chi connectivity index (χ0v) is 11.2. The maximum absolute atomic E-state index is 11.3. The van der Waals surface area contributed by atoms with E-state index >= 15 is 0 Å². The first-order valence-electron chi connectivity index (χ1n) is 5.51. The van der Waals surface area contributed by atoms with Crippen LogP contribution in [0.4, 0.5) is 5.69 Å². The minimum atomic E-state index is -0.549. The smallest absolute Gasteiger partial charge is 0.323 e. The lowest BCUT2D eigenvalue weighted by Crippen LogP contribution is -1.89. The van der Waals surface area contributed by atoms with Crippen LogP contribution >= 0.6 is 11.3 Å².